The normalized spacial score (nSPS) is 19.5. The number of halogens is 2. The molecule has 4 heteroatoms. The fraction of sp³-hybridized carbons (Fsp3) is 0.429. The van der Waals surface area contributed by atoms with E-state index >= 15 is 0 Å². The Kier molecular flexibility index (Phi) is 3.05. The zero-order chi connectivity index (χ0) is 12.9. The minimum Gasteiger partial charge on any atom is -0.358 e. The summed E-state index contributed by atoms with van der Waals surface area (Å²) in [5.41, 5.74) is 3.76. The number of hydrogen-bond acceptors (Lipinski definition) is 1. The lowest BCUT2D eigenvalue weighted by Gasteiger charge is -2.28. The zero-order valence-corrected chi connectivity index (χ0v) is 12.1. The number of nitrogens with zero attached hydrogens (tertiary/aromatic N) is 1. The number of rotatable bonds is 1. The topological polar surface area (TPSA) is 19.0 Å². The van der Waals surface area contributed by atoms with E-state index in [2.05, 4.69) is 24.0 Å². The van der Waals surface area contributed by atoms with Crippen LogP contribution in [-0.4, -0.2) is 30.0 Å². The highest BCUT2D eigenvalue weighted by molar-refractivity contribution is 6.38. The number of fused-ring (bicyclic) bond motifs is 3. The third-order valence-electron chi connectivity index (χ3n) is 3.90. The molecule has 1 aliphatic rings. The van der Waals surface area contributed by atoms with Crippen molar-refractivity contribution >= 4 is 34.1 Å². The van der Waals surface area contributed by atoms with Crippen LogP contribution in [0.5, 0.6) is 0 Å². The third kappa shape index (κ3) is 1.93. The Balaban J connectivity index is 2.15. The van der Waals surface area contributed by atoms with Crippen LogP contribution in [0.3, 0.4) is 0 Å². The molecular weight excluding hydrogens is 267 g/mol. The number of hydrogen-bond donors (Lipinski definition) is 1. The molecular formula is C14H16Cl2N2. The summed E-state index contributed by atoms with van der Waals surface area (Å²) in [6.45, 7) is 0. The molecule has 1 heterocycles. The van der Waals surface area contributed by atoms with Crippen molar-refractivity contribution < 1.29 is 0 Å². The first-order chi connectivity index (χ1) is 8.56. The van der Waals surface area contributed by atoms with Crippen LogP contribution in [0.15, 0.2) is 12.1 Å². The molecule has 0 amide bonds. The smallest absolute Gasteiger partial charge is 0.0517 e. The molecule has 96 valence electrons. The summed E-state index contributed by atoms with van der Waals surface area (Å²) in [6, 6.07) is 4.40. The van der Waals surface area contributed by atoms with Crippen LogP contribution < -0.4 is 0 Å². The molecule has 1 atom stereocenters. The predicted octanol–water partition coefficient (Wildman–Crippen LogP) is 3.89. The summed E-state index contributed by atoms with van der Waals surface area (Å²) in [7, 11) is 4.28. The maximum Gasteiger partial charge on any atom is 0.0517 e. The summed E-state index contributed by atoms with van der Waals surface area (Å²) in [6.07, 6.45) is 3.34. The first-order valence-electron chi connectivity index (χ1n) is 6.21. The highest BCUT2D eigenvalue weighted by atomic mass is 35.5. The number of aromatic amines is 1. The minimum absolute atomic E-state index is 0.600. The second-order valence-corrected chi connectivity index (χ2v) is 6.10. The maximum atomic E-state index is 6.35. The molecule has 0 saturated heterocycles. The van der Waals surface area contributed by atoms with Crippen molar-refractivity contribution in [3.8, 4) is 0 Å². The van der Waals surface area contributed by atoms with Crippen LogP contribution in [0.2, 0.25) is 10.0 Å². The molecule has 1 aliphatic carbocycles. The quantitative estimate of drug-likeness (QED) is 0.841. The molecule has 18 heavy (non-hydrogen) atoms. The fourth-order valence-corrected chi connectivity index (χ4v) is 3.50. The first kappa shape index (κ1) is 12.3. The van der Waals surface area contributed by atoms with Gasteiger partial charge in [-0.2, -0.15) is 0 Å². The molecule has 1 unspecified atom stereocenters. The van der Waals surface area contributed by atoms with E-state index in [-0.39, 0.29) is 0 Å². The van der Waals surface area contributed by atoms with Gasteiger partial charge in [0.2, 0.25) is 0 Å². The summed E-state index contributed by atoms with van der Waals surface area (Å²) < 4.78 is 0. The summed E-state index contributed by atoms with van der Waals surface area (Å²) in [5, 5.41) is 2.60. The van der Waals surface area contributed by atoms with E-state index in [1.807, 2.05) is 12.1 Å². The summed E-state index contributed by atoms with van der Waals surface area (Å²) >= 11 is 12.4. The number of benzene rings is 1. The summed E-state index contributed by atoms with van der Waals surface area (Å²) in [4.78, 5) is 5.77. The average molecular weight is 283 g/mol. The Bertz CT molecular complexity index is 601. The molecule has 0 fully saturated rings. The second kappa shape index (κ2) is 4.44. The molecule has 0 bridgehead atoms. The Morgan fingerprint density at radius 1 is 1.28 bits per heavy atom. The SMILES string of the molecule is CN(C)C1CCc2[nH]c3cc(Cl)cc(Cl)c3c2C1. The van der Waals surface area contributed by atoms with Gasteiger partial charge in [0.15, 0.2) is 0 Å². The largest absolute Gasteiger partial charge is 0.358 e. The van der Waals surface area contributed by atoms with Crippen molar-refractivity contribution in [3.05, 3.63) is 33.4 Å². The average Bonchev–Trinajstić information content (AvgIpc) is 2.65. The van der Waals surface area contributed by atoms with E-state index in [9.17, 15) is 0 Å². The van der Waals surface area contributed by atoms with Crippen molar-refractivity contribution in [2.75, 3.05) is 14.1 Å². The number of likely N-dealkylation sites (N-methyl/N-ethyl adjacent to an activating group) is 1. The third-order valence-corrected chi connectivity index (χ3v) is 4.42. The number of nitrogens with one attached hydrogen (secondary N) is 1. The molecule has 0 spiro atoms. The Morgan fingerprint density at radius 2 is 2.06 bits per heavy atom. The van der Waals surface area contributed by atoms with Gasteiger partial charge in [0.25, 0.3) is 0 Å². The highest BCUT2D eigenvalue weighted by Crippen LogP contribution is 2.36. The minimum atomic E-state index is 0.600. The fourth-order valence-electron chi connectivity index (χ4n) is 2.90. The van der Waals surface area contributed by atoms with E-state index in [0.29, 0.717) is 11.1 Å². The van der Waals surface area contributed by atoms with E-state index in [1.165, 1.54) is 17.7 Å². The van der Waals surface area contributed by atoms with E-state index in [0.717, 1.165) is 28.8 Å². The zero-order valence-electron chi connectivity index (χ0n) is 10.6. The predicted molar refractivity (Wildman–Crippen MR) is 77.8 cm³/mol. The van der Waals surface area contributed by atoms with Gasteiger partial charge in [-0.05, 0) is 51.1 Å². The van der Waals surface area contributed by atoms with Gasteiger partial charge in [-0.15, -0.1) is 0 Å². The highest BCUT2D eigenvalue weighted by Gasteiger charge is 2.24. The number of aromatic nitrogens is 1. The van der Waals surface area contributed by atoms with Crippen LogP contribution >= 0.6 is 23.2 Å². The lowest BCUT2D eigenvalue weighted by Crippen LogP contribution is -2.33. The molecule has 2 aromatic rings. The molecule has 0 aliphatic heterocycles. The van der Waals surface area contributed by atoms with Crippen molar-refractivity contribution in [2.24, 2.45) is 0 Å². The molecule has 1 aromatic carbocycles. The van der Waals surface area contributed by atoms with Crippen LogP contribution in [-0.2, 0) is 12.8 Å². The summed E-state index contributed by atoms with van der Waals surface area (Å²) in [5.74, 6) is 0. The van der Waals surface area contributed by atoms with E-state index < -0.39 is 0 Å². The van der Waals surface area contributed by atoms with Crippen molar-refractivity contribution in [3.63, 3.8) is 0 Å². The maximum absolute atomic E-state index is 6.35. The second-order valence-electron chi connectivity index (χ2n) is 5.25. The Hall–Kier alpha value is -0.700. The van der Waals surface area contributed by atoms with Gasteiger partial charge in [0.05, 0.1) is 5.02 Å². The van der Waals surface area contributed by atoms with Crippen LogP contribution in [0, 0.1) is 0 Å². The monoisotopic (exact) mass is 282 g/mol. The molecule has 0 radical (unpaired) electrons. The molecule has 3 rings (SSSR count). The number of aryl methyl sites for hydroxylation is 1. The van der Waals surface area contributed by atoms with Gasteiger partial charge < -0.3 is 9.88 Å². The van der Waals surface area contributed by atoms with Crippen LogP contribution in [0.1, 0.15) is 17.7 Å². The molecule has 2 nitrogen and oxygen atoms in total. The van der Waals surface area contributed by atoms with Crippen molar-refractivity contribution in [1.82, 2.24) is 9.88 Å². The van der Waals surface area contributed by atoms with E-state index in [4.69, 9.17) is 23.2 Å². The van der Waals surface area contributed by atoms with Gasteiger partial charge in [0, 0.05) is 27.7 Å². The lowest BCUT2D eigenvalue weighted by molar-refractivity contribution is 0.268. The molecule has 1 aromatic heterocycles. The van der Waals surface area contributed by atoms with Gasteiger partial charge in [-0.25, -0.2) is 0 Å². The van der Waals surface area contributed by atoms with Crippen molar-refractivity contribution in [2.45, 2.75) is 25.3 Å². The standard InChI is InChI=1S/C14H16Cl2N2/c1-18(2)9-3-4-12-10(7-9)14-11(16)5-8(15)6-13(14)17-12/h5-6,9,17H,3-4,7H2,1-2H3. The Labute approximate surface area is 117 Å². The van der Waals surface area contributed by atoms with Crippen LogP contribution in [0.4, 0.5) is 0 Å². The number of H-pyrrole nitrogens is 1. The molecule has 1 N–H and O–H groups in total. The van der Waals surface area contributed by atoms with Gasteiger partial charge in [-0.3, -0.25) is 0 Å². The van der Waals surface area contributed by atoms with Crippen LogP contribution in [0.25, 0.3) is 10.9 Å². The van der Waals surface area contributed by atoms with Gasteiger partial charge in [-0.1, -0.05) is 23.2 Å². The van der Waals surface area contributed by atoms with E-state index in [1.54, 1.807) is 0 Å². The first-order valence-corrected chi connectivity index (χ1v) is 6.96. The molecule has 0 saturated carbocycles. The Morgan fingerprint density at radius 3 is 2.78 bits per heavy atom. The van der Waals surface area contributed by atoms with Crippen molar-refractivity contribution in [1.29, 1.82) is 0 Å². The lowest BCUT2D eigenvalue weighted by atomic mass is 9.91. The van der Waals surface area contributed by atoms with Gasteiger partial charge >= 0.3 is 0 Å². The van der Waals surface area contributed by atoms with Gasteiger partial charge in [0.1, 0.15) is 0 Å².